The number of benzene rings is 1. The van der Waals surface area contributed by atoms with Gasteiger partial charge in [-0.3, -0.25) is 4.98 Å². The van der Waals surface area contributed by atoms with Crippen LogP contribution in [0.2, 0.25) is 0 Å². The van der Waals surface area contributed by atoms with E-state index >= 15 is 0 Å². The Bertz CT molecular complexity index is 1150. The lowest BCUT2D eigenvalue weighted by atomic mass is 9.95. The lowest BCUT2D eigenvalue weighted by molar-refractivity contribution is 0.310. The van der Waals surface area contributed by atoms with Gasteiger partial charge in [0.2, 0.25) is 10.0 Å². The number of piperidine rings is 1. The van der Waals surface area contributed by atoms with Crippen molar-refractivity contribution in [3.05, 3.63) is 72.2 Å². The van der Waals surface area contributed by atoms with Crippen molar-refractivity contribution in [3.63, 3.8) is 0 Å². The molecule has 0 spiro atoms. The van der Waals surface area contributed by atoms with E-state index in [9.17, 15) is 8.42 Å². The first-order valence-corrected chi connectivity index (χ1v) is 11.7. The minimum absolute atomic E-state index is 0.0457. The average Bonchev–Trinajstić information content (AvgIpc) is 2.79. The standard InChI is InChI=1S/C23H26N4O3S/c1-17-7-5-11-23(25-17)26-19-12-13-20(24-15-19)18-8-6-14-27(16-18)31(28,29)22-10-4-3-9-21(22)30-2/h3-5,7,9-13,15,18H,6,8,14,16H2,1-2H3,(H,25,26)/t18-/m0/s1. The van der Waals surface area contributed by atoms with Crippen LogP contribution in [-0.4, -0.2) is 42.9 Å². The van der Waals surface area contributed by atoms with Gasteiger partial charge in [-0.1, -0.05) is 18.2 Å². The molecule has 1 aromatic carbocycles. The van der Waals surface area contributed by atoms with Crippen LogP contribution in [0.3, 0.4) is 0 Å². The third-order valence-corrected chi connectivity index (χ3v) is 7.34. The Morgan fingerprint density at radius 2 is 1.94 bits per heavy atom. The van der Waals surface area contributed by atoms with Gasteiger partial charge in [-0.05, 0) is 56.2 Å². The zero-order chi connectivity index (χ0) is 21.8. The fraction of sp³-hybridized carbons (Fsp3) is 0.304. The molecule has 3 heterocycles. The van der Waals surface area contributed by atoms with E-state index in [1.165, 1.54) is 7.11 Å². The van der Waals surface area contributed by atoms with Gasteiger partial charge in [0.25, 0.3) is 0 Å². The number of methoxy groups -OCH3 is 1. The summed E-state index contributed by atoms with van der Waals surface area (Å²) in [6.45, 7) is 2.84. The number of rotatable bonds is 6. The van der Waals surface area contributed by atoms with Crippen molar-refractivity contribution in [2.24, 2.45) is 0 Å². The summed E-state index contributed by atoms with van der Waals surface area (Å²) in [5.41, 5.74) is 2.67. The second-order valence-corrected chi connectivity index (χ2v) is 9.52. The molecule has 0 aliphatic carbocycles. The smallest absolute Gasteiger partial charge is 0.246 e. The maximum atomic E-state index is 13.2. The molecule has 2 aromatic heterocycles. The predicted molar refractivity (Wildman–Crippen MR) is 120 cm³/mol. The molecule has 1 N–H and O–H groups in total. The third kappa shape index (κ3) is 4.70. The third-order valence-electron chi connectivity index (χ3n) is 5.44. The van der Waals surface area contributed by atoms with E-state index in [0.717, 1.165) is 35.7 Å². The number of nitrogens with zero attached hydrogens (tertiary/aromatic N) is 3. The summed E-state index contributed by atoms with van der Waals surface area (Å²) in [5.74, 6) is 1.17. The molecule has 1 saturated heterocycles. The maximum absolute atomic E-state index is 13.2. The van der Waals surface area contributed by atoms with Gasteiger partial charge in [0.1, 0.15) is 16.5 Å². The molecule has 1 aliphatic heterocycles. The van der Waals surface area contributed by atoms with Crippen molar-refractivity contribution in [2.75, 3.05) is 25.5 Å². The fourth-order valence-electron chi connectivity index (χ4n) is 3.85. The molecule has 3 aromatic rings. The topological polar surface area (TPSA) is 84.4 Å². The molecule has 0 radical (unpaired) electrons. The number of anilines is 2. The number of nitrogens with one attached hydrogen (secondary N) is 1. The number of para-hydroxylation sites is 1. The van der Waals surface area contributed by atoms with Crippen LogP contribution < -0.4 is 10.1 Å². The Morgan fingerprint density at radius 1 is 1.10 bits per heavy atom. The van der Waals surface area contributed by atoms with E-state index in [1.54, 1.807) is 34.8 Å². The quantitative estimate of drug-likeness (QED) is 0.624. The Balaban J connectivity index is 1.49. The highest BCUT2D eigenvalue weighted by Gasteiger charge is 2.33. The number of aromatic nitrogens is 2. The second kappa shape index (κ2) is 9.03. The van der Waals surface area contributed by atoms with Gasteiger partial charge in [-0.15, -0.1) is 0 Å². The molecule has 31 heavy (non-hydrogen) atoms. The predicted octanol–water partition coefficient (Wildman–Crippen LogP) is 4.11. The molecule has 4 rings (SSSR count). The van der Waals surface area contributed by atoms with Crippen LogP contribution in [0.5, 0.6) is 5.75 Å². The minimum atomic E-state index is -3.64. The van der Waals surface area contributed by atoms with Crippen molar-refractivity contribution in [1.29, 1.82) is 0 Å². The van der Waals surface area contributed by atoms with Gasteiger partial charge >= 0.3 is 0 Å². The molecule has 1 atom stereocenters. The normalized spacial score (nSPS) is 17.3. The van der Waals surface area contributed by atoms with Crippen molar-refractivity contribution in [3.8, 4) is 5.75 Å². The zero-order valence-corrected chi connectivity index (χ0v) is 18.5. The van der Waals surface area contributed by atoms with Gasteiger partial charge in [0, 0.05) is 30.4 Å². The summed E-state index contributed by atoms with van der Waals surface area (Å²) in [5, 5.41) is 3.25. The lowest BCUT2D eigenvalue weighted by Crippen LogP contribution is -2.39. The van der Waals surface area contributed by atoms with E-state index in [-0.39, 0.29) is 10.8 Å². The van der Waals surface area contributed by atoms with Gasteiger partial charge < -0.3 is 10.1 Å². The summed E-state index contributed by atoms with van der Waals surface area (Å²) >= 11 is 0. The van der Waals surface area contributed by atoms with Crippen LogP contribution in [0.4, 0.5) is 11.5 Å². The number of hydrogen-bond acceptors (Lipinski definition) is 6. The molecule has 8 heteroatoms. The summed E-state index contributed by atoms with van der Waals surface area (Å²) < 4.78 is 33.3. The fourth-order valence-corrected chi connectivity index (χ4v) is 5.53. The highest BCUT2D eigenvalue weighted by Crippen LogP contribution is 2.32. The first-order chi connectivity index (χ1) is 15.0. The van der Waals surface area contributed by atoms with Crippen LogP contribution in [-0.2, 0) is 10.0 Å². The van der Waals surface area contributed by atoms with Gasteiger partial charge in [-0.2, -0.15) is 4.31 Å². The van der Waals surface area contributed by atoms with Gasteiger partial charge in [0.05, 0.1) is 19.0 Å². The molecule has 0 saturated carbocycles. The minimum Gasteiger partial charge on any atom is -0.495 e. The van der Waals surface area contributed by atoms with Crippen molar-refractivity contribution in [1.82, 2.24) is 14.3 Å². The highest BCUT2D eigenvalue weighted by atomic mass is 32.2. The molecule has 1 fully saturated rings. The molecule has 7 nitrogen and oxygen atoms in total. The van der Waals surface area contributed by atoms with Gasteiger partial charge in [0.15, 0.2) is 0 Å². The second-order valence-electron chi connectivity index (χ2n) is 7.61. The lowest BCUT2D eigenvalue weighted by Gasteiger charge is -2.32. The summed E-state index contributed by atoms with van der Waals surface area (Å²) in [7, 11) is -2.15. The van der Waals surface area contributed by atoms with Crippen LogP contribution in [0.1, 0.15) is 30.1 Å². The summed E-state index contributed by atoms with van der Waals surface area (Å²) in [6.07, 6.45) is 3.46. The summed E-state index contributed by atoms with van der Waals surface area (Å²) in [6, 6.07) is 16.5. The number of sulfonamides is 1. The van der Waals surface area contributed by atoms with Crippen LogP contribution in [0, 0.1) is 6.92 Å². The first kappa shape index (κ1) is 21.3. The van der Waals surface area contributed by atoms with Crippen molar-refractivity contribution < 1.29 is 13.2 Å². The summed E-state index contributed by atoms with van der Waals surface area (Å²) in [4.78, 5) is 9.25. The Hall–Kier alpha value is -2.97. The van der Waals surface area contributed by atoms with E-state index in [0.29, 0.717) is 18.8 Å². The molecule has 0 unspecified atom stereocenters. The van der Waals surface area contributed by atoms with Crippen molar-refractivity contribution >= 4 is 21.5 Å². The molecule has 0 amide bonds. The number of ether oxygens (including phenoxy) is 1. The SMILES string of the molecule is COc1ccccc1S(=O)(=O)N1CCC[C@H](c2ccc(Nc3cccc(C)n3)cn2)C1. The Labute approximate surface area is 183 Å². The largest absolute Gasteiger partial charge is 0.495 e. The monoisotopic (exact) mass is 438 g/mol. The highest BCUT2D eigenvalue weighted by molar-refractivity contribution is 7.89. The van der Waals surface area contributed by atoms with Crippen LogP contribution >= 0.6 is 0 Å². The van der Waals surface area contributed by atoms with E-state index < -0.39 is 10.0 Å². The van der Waals surface area contributed by atoms with E-state index in [1.807, 2.05) is 37.3 Å². The number of aryl methyl sites for hydroxylation is 1. The molecule has 162 valence electrons. The van der Waals surface area contributed by atoms with Crippen LogP contribution in [0.25, 0.3) is 0 Å². The molecule has 1 aliphatic rings. The van der Waals surface area contributed by atoms with Crippen LogP contribution in [0.15, 0.2) is 65.7 Å². The molecule has 0 bridgehead atoms. The first-order valence-electron chi connectivity index (χ1n) is 10.3. The number of hydrogen-bond donors (Lipinski definition) is 1. The Morgan fingerprint density at radius 3 is 2.68 bits per heavy atom. The maximum Gasteiger partial charge on any atom is 0.246 e. The van der Waals surface area contributed by atoms with Crippen molar-refractivity contribution in [2.45, 2.75) is 30.6 Å². The Kier molecular flexibility index (Phi) is 6.20. The average molecular weight is 439 g/mol. The van der Waals surface area contributed by atoms with E-state index in [4.69, 9.17) is 4.74 Å². The number of pyridine rings is 2. The molecular formula is C23H26N4O3S. The van der Waals surface area contributed by atoms with Gasteiger partial charge in [-0.25, -0.2) is 13.4 Å². The molecular weight excluding hydrogens is 412 g/mol. The zero-order valence-electron chi connectivity index (χ0n) is 17.7. The van der Waals surface area contributed by atoms with E-state index in [2.05, 4.69) is 15.3 Å².